The summed E-state index contributed by atoms with van der Waals surface area (Å²) in [5, 5.41) is 0. The molecule has 1 nitrogen and oxygen atoms in total. The normalized spacial score (nSPS) is 18.2. The zero-order valence-corrected chi connectivity index (χ0v) is 11.9. The van der Waals surface area contributed by atoms with Gasteiger partial charge in [0.05, 0.1) is 0 Å². The minimum atomic E-state index is -0.00687. The summed E-state index contributed by atoms with van der Waals surface area (Å²) in [7, 11) is 0. The van der Waals surface area contributed by atoms with E-state index in [2.05, 4.69) is 22.9 Å². The number of ketones is 1. The van der Waals surface area contributed by atoms with Crippen LogP contribution >= 0.6 is 15.9 Å². The maximum absolute atomic E-state index is 12.4. The van der Waals surface area contributed by atoms with Crippen LogP contribution < -0.4 is 0 Å². The highest BCUT2D eigenvalue weighted by atomic mass is 79.9. The average Bonchev–Trinajstić information content (AvgIpc) is 2.82. The Morgan fingerprint density at radius 2 is 1.82 bits per heavy atom. The lowest BCUT2D eigenvalue weighted by Gasteiger charge is -2.25. The van der Waals surface area contributed by atoms with Crippen LogP contribution in [0.1, 0.15) is 44.6 Å². The van der Waals surface area contributed by atoms with Crippen LogP contribution in [0.15, 0.2) is 28.7 Å². The molecule has 0 N–H and O–H groups in total. The second kappa shape index (κ2) is 5.34. The average molecular weight is 295 g/mol. The van der Waals surface area contributed by atoms with Crippen LogP contribution in [-0.2, 0) is 11.2 Å². The number of Topliss-reactive ketones (excluding diaryl/α,β-unsaturated/α-hetero) is 1. The van der Waals surface area contributed by atoms with E-state index in [-0.39, 0.29) is 5.41 Å². The van der Waals surface area contributed by atoms with Gasteiger partial charge in [-0.1, -0.05) is 47.8 Å². The summed E-state index contributed by atoms with van der Waals surface area (Å²) in [5.74, 6) is 0.444. The first-order valence-corrected chi connectivity index (χ1v) is 7.23. The number of carbonyl (C=O) groups is 1. The van der Waals surface area contributed by atoms with Crippen molar-refractivity contribution in [3.05, 3.63) is 34.3 Å². The molecule has 0 radical (unpaired) electrons. The minimum absolute atomic E-state index is 0.00687. The van der Waals surface area contributed by atoms with Crippen molar-refractivity contribution in [2.24, 2.45) is 5.41 Å². The topological polar surface area (TPSA) is 17.1 Å². The van der Waals surface area contributed by atoms with E-state index >= 15 is 0 Å². The van der Waals surface area contributed by atoms with E-state index in [1.165, 1.54) is 12.8 Å². The van der Waals surface area contributed by atoms with Gasteiger partial charge in [-0.05, 0) is 37.0 Å². The highest BCUT2D eigenvalue weighted by molar-refractivity contribution is 9.10. The number of rotatable bonds is 4. The predicted octanol–water partition coefficient (Wildman–Crippen LogP) is 4.53. The Balaban J connectivity index is 2.08. The summed E-state index contributed by atoms with van der Waals surface area (Å²) in [6.45, 7) is 2.16. The highest BCUT2D eigenvalue weighted by Crippen LogP contribution is 2.42. The van der Waals surface area contributed by atoms with Crippen LogP contribution in [0.25, 0.3) is 0 Å². The maximum atomic E-state index is 12.4. The van der Waals surface area contributed by atoms with Gasteiger partial charge in [0, 0.05) is 16.3 Å². The second-order valence-corrected chi connectivity index (χ2v) is 5.98. The number of hydrogen-bond acceptors (Lipinski definition) is 1. The zero-order chi connectivity index (χ0) is 12.3. The van der Waals surface area contributed by atoms with Gasteiger partial charge in [0.25, 0.3) is 0 Å². The molecule has 0 unspecified atom stereocenters. The maximum Gasteiger partial charge on any atom is 0.143 e. The number of halogens is 1. The first-order chi connectivity index (χ1) is 8.16. The zero-order valence-electron chi connectivity index (χ0n) is 10.3. The third kappa shape index (κ3) is 2.79. The van der Waals surface area contributed by atoms with Gasteiger partial charge in [0.2, 0.25) is 0 Å². The quantitative estimate of drug-likeness (QED) is 0.797. The number of hydrogen-bond donors (Lipinski definition) is 0. The molecule has 92 valence electrons. The molecular formula is C15H19BrO. The monoisotopic (exact) mass is 294 g/mol. The third-order valence-corrected chi connectivity index (χ3v) is 4.64. The largest absolute Gasteiger partial charge is 0.299 e. The number of benzene rings is 1. The van der Waals surface area contributed by atoms with Gasteiger partial charge in [-0.2, -0.15) is 0 Å². The van der Waals surface area contributed by atoms with Gasteiger partial charge in [-0.3, -0.25) is 4.79 Å². The minimum Gasteiger partial charge on any atom is -0.299 e. The predicted molar refractivity (Wildman–Crippen MR) is 74.0 cm³/mol. The van der Waals surface area contributed by atoms with Crippen molar-refractivity contribution in [3.63, 3.8) is 0 Å². The van der Waals surface area contributed by atoms with Crippen molar-refractivity contribution >= 4 is 21.7 Å². The molecule has 17 heavy (non-hydrogen) atoms. The number of carbonyl (C=O) groups excluding carboxylic acids is 1. The molecule has 1 aromatic carbocycles. The molecule has 1 aliphatic carbocycles. The highest BCUT2D eigenvalue weighted by Gasteiger charge is 2.38. The van der Waals surface area contributed by atoms with Crippen molar-refractivity contribution in [2.75, 3.05) is 0 Å². The summed E-state index contributed by atoms with van der Waals surface area (Å²) in [6, 6.07) is 8.10. The fourth-order valence-electron chi connectivity index (χ4n) is 2.86. The standard InChI is InChI=1S/C15H19BrO/c1-2-15(9-3-4-10-15)14(17)11-12-5-7-13(16)8-6-12/h5-8H,2-4,9-11H2,1H3. The van der Waals surface area contributed by atoms with E-state index in [9.17, 15) is 4.79 Å². The van der Waals surface area contributed by atoms with E-state index in [0.717, 1.165) is 29.3 Å². The summed E-state index contributed by atoms with van der Waals surface area (Å²) >= 11 is 3.42. The third-order valence-electron chi connectivity index (χ3n) is 4.11. The summed E-state index contributed by atoms with van der Waals surface area (Å²) in [4.78, 5) is 12.4. The fraction of sp³-hybridized carbons (Fsp3) is 0.533. The Bertz CT molecular complexity index is 388. The van der Waals surface area contributed by atoms with Crippen LogP contribution in [0.5, 0.6) is 0 Å². The molecule has 2 heteroatoms. The first kappa shape index (κ1) is 12.8. The molecule has 0 saturated heterocycles. The Hall–Kier alpha value is -0.630. The van der Waals surface area contributed by atoms with E-state index in [4.69, 9.17) is 0 Å². The molecule has 0 atom stereocenters. The SMILES string of the molecule is CCC1(C(=O)Cc2ccc(Br)cc2)CCCC1. The molecule has 0 bridgehead atoms. The van der Waals surface area contributed by atoms with Crippen molar-refractivity contribution in [3.8, 4) is 0 Å². The van der Waals surface area contributed by atoms with Gasteiger partial charge >= 0.3 is 0 Å². The smallest absolute Gasteiger partial charge is 0.143 e. The lowest BCUT2D eigenvalue weighted by Crippen LogP contribution is -2.28. The van der Waals surface area contributed by atoms with E-state index in [1.807, 2.05) is 24.3 Å². The Kier molecular flexibility index (Phi) is 4.03. The molecule has 0 heterocycles. The van der Waals surface area contributed by atoms with Crippen LogP contribution in [0.3, 0.4) is 0 Å². The lowest BCUT2D eigenvalue weighted by atomic mass is 9.77. The van der Waals surface area contributed by atoms with Crippen molar-refractivity contribution in [1.29, 1.82) is 0 Å². The van der Waals surface area contributed by atoms with Gasteiger partial charge in [0.15, 0.2) is 0 Å². The molecule has 0 spiro atoms. The van der Waals surface area contributed by atoms with Gasteiger partial charge < -0.3 is 0 Å². The molecule has 1 aliphatic rings. The molecular weight excluding hydrogens is 276 g/mol. The summed E-state index contributed by atoms with van der Waals surface area (Å²) in [6.07, 6.45) is 6.24. The van der Waals surface area contributed by atoms with Crippen molar-refractivity contribution < 1.29 is 4.79 Å². The van der Waals surface area contributed by atoms with E-state index < -0.39 is 0 Å². The Labute approximate surface area is 112 Å². The van der Waals surface area contributed by atoms with Gasteiger partial charge in [-0.25, -0.2) is 0 Å². The fourth-order valence-corrected chi connectivity index (χ4v) is 3.12. The first-order valence-electron chi connectivity index (χ1n) is 6.44. The molecule has 1 fully saturated rings. The van der Waals surface area contributed by atoms with Crippen LogP contribution in [0, 0.1) is 5.41 Å². The second-order valence-electron chi connectivity index (χ2n) is 5.07. The summed E-state index contributed by atoms with van der Waals surface area (Å²) in [5.41, 5.74) is 1.13. The van der Waals surface area contributed by atoms with Crippen LogP contribution in [-0.4, -0.2) is 5.78 Å². The molecule has 1 aromatic rings. The van der Waals surface area contributed by atoms with E-state index in [1.54, 1.807) is 0 Å². The lowest BCUT2D eigenvalue weighted by molar-refractivity contribution is -0.128. The molecule has 0 aliphatic heterocycles. The summed E-state index contributed by atoms with van der Waals surface area (Å²) < 4.78 is 1.07. The molecule has 2 rings (SSSR count). The molecule has 0 amide bonds. The van der Waals surface area contributed by atoms with Gasteiger partial charge in [-0.15, -0.1) is 0 Å². The van der Waals surface area contributed by atoms with E-state index in [0.29, 0.717) is 12.2 Å². The van der Waals surface area contributed by atoms with Crippen molar-refractivity contribution in [1.82, 2.24) is 0 Å². The molecule has 1 saturated carbocycles. The van der Waals surface area contributed by atoms with Gasteiger partial charge in [0.1, 0.15) is 5.78 Å². The Morgan fingerprint density at radius 1 is 1.24 bits per heavy atom. The van der Waals surface area contributed by atoms with Crippen LogP contribution in [0.4, 0.5) is 0 Å². The van der Waals surface area contributed by atoms with Crippen molar-refractivity contribution in [2.45, 2.75) is 45.4 Å². The molecule has 0 aromatic heterocycles. The Morgan fingerprint density at radius 3 is 2.35 bits per heavy atom. The van der Waals surface area contributed by atoms with Crippen LogP contribution in [0.2, 0.25) is 0 Å².